The molecule has 1 aliphatic heterocycles. The molecular weight excluding hydrogens is 294 g/mol. The van der Waals surface area contributed by atoms with Gasteiger partial charge in [0.05, 0.1) is 23.9 Å². The first-order valence-corrected chi connectivity index (χ1v) is 6.96. The van der Waals surface area contributed by atoms with Crippen LogP contribution < -0.4 is 5.73 Å². The quantitative estimate of drug-likeness (QED) is 0.858. The fraction of sp³-hybridized carbons (Fsp3) is 0.462. The van der Waals surface area contributed by atoms with Gasteiger partial charge in [-0.2, -0.15) is 0 Å². The summed E-state index contributed by atoms with van der Waals surface area (Å²) in [7, 11) is 1.67. The summed E-state index contributed by atoms with van der Waals surface area (Å²) >= 11 is 6.06. The average molecular weight is 310 g/mol. The molecule has 1 atom stereocenters. The Morgan fingerprint density at radius 3 is 3.10 bits per heavy atom. The van der Waals surface area contributed by atoms with Crippen LogP contribution in [0.15, 0.2) is 18.2 Å². The van der Waals surface area contributed by atoms with Crippen molar-refractivity contribution in [3.05, 3.63) is 23.2 Å². The second-order valence-corrected chi connectivity index (χ2v) is 5.46. The van der Waals surface area contributed by atoms with Crippen molar-refractivity contribution in [2.75, 3.05) is 26.1 Å². The van der Waals surface area contributed by atoms with Crippen molar-refractivity contribution in [2.24, 2.45) is 0 Å². The first-order chi connectivity index (χ1) is 10.2. The lowest BCUT2D eigenvalue weighted by atomic mass is 10.0. The Labute approximate surface area is 127 Å². The summed E-state index contributed by atoms with van der Waals surface area (Å²) in [6.45, 7) is 1.69. The van der Waals surface area contributed by atoms with Crippen LogP contribution in [0.5, 0.6) is 0 Å². The number of ether oxygens (including phenoxy) is 2. The fourth-order valence-corrected chi connectivity index (χ4v) is 2.62. The number of nitrogens with two attached hydrogens (primary N) is 1. The lowest BCUT2D eigenvalue weighted by molar-refractivity contribution is -0.0317. The summed E-state index contributed by atoms with van der Waals surface area (Å²) in [6, 6.07) is 5.39. The summed E-state index contributed by atoms with van der Waals surface area (Å²) in [4.78, 5) is 0. The van der Waals surface area contributed by atoms with E-state index in [9.17, 15) is 0 Å². The van der Waals surface area contributed by atoms with E-state index in [-0.39, 0.29) is 0 Å². The molecule has 0 amide bonds. The van der Waals surface area contributed by atoms with Crippen LogP contribution in [0.3, 0.4) is 0 Å². The minimum absolute atomic E-state index is 0.405. The maximum atomic E-state index is 6.06. The molecule has 0 bridgehead atoms. The molecule has 0 saturated carbocycles. The Kier molecular flexibility index (Phi) is 3.79. The number of hydrogen-bond acceptors (Lipinski definition) is 6. The monoisotopic (exact) mass is 309 g/mol. The van der Waals surface area contributed by atoms with Crippen LogP contribution in [-0.2, 0) is 16.0 Å². The molecule has 1 aromatic carbocycles. The summed E-state index contributed by atoms with van der Waals surface area (Å²) < 4.78 is 12.7. The van der Waals surface area contributed by atoms with E-state index in [1.165, 1.54) is 0 Å². The van der Waals surface area contributed by atoms with Gasteiger partial charge < -0.3 is 15.2 Å². The van der Waals surface area contributed by atoms with Crippen molar-refractivity contribution in [1.82, 2.24) is 20.2 Å². The minimum atomic E-state index is -0.405. The van der Waals surface area contributed by atoms with Gasteiger partial charge in [-0.25, -0.2) is 4.68 Å². The lowest BCUT2D eigenvalue weighted by Crippen LogP contribution is -2.37. The summed E-state index contributed by atoms with van der Waals surface area (Å²) in [5.74, 6) is 0.568. The molecule has 21 heavy (non-hydrogen) atoms. The van der Waals surface area contributed by atoms with E-state index in [2.05, 4.69) is 15.5 Å². The number of para-hydroxylation sites is 1. The van der Waals surface area contributed by atoms with Crippen LogP contribution in [0.1, 0.15) is 6.42 Å². The Morgan fingerprint density at radius 1 is 1.52 bits per heavy atom. The Morgan fingerprint density at radius 2 is 2.38 bits per heavy atom. The number of hydrogen-bond donors (Lipinski definition) is 1. The standard InChI is InChI=1S/C13H16ClN5O2/c1-20-13(5-6-21-8-13)7-19-12(16-17-18-19)9-3-2-4-10(14)11(9)15/h2-4H,5-8,15H2,1H3. The van der Waals surface area contributed by atoms with Crippen molar-refractivity contribution < 1.29 is 9.47 Å². The molecule has 1 unspecified atom stereocenters. The normalized spacial score (nSPS) is 21.8. The lowest BCUT2D eigenvalue weighted by Gasteiger charge is -2.25. The molecule has 2 heterocycles. The number of halogens is 1. The van der Waals surface area contributed by atoms with Crippen LogP contribution in [0.2, 0.25) is 5.02 Å². The molecule has 1 fully saturated rings. The van der Waals surface area contributed by atoms with E-state index < -0.39 is 5.60 Å². The van der Waals surface area contributed by atoms with Crippen LogP contribution in [0, 0.1) is 0 Å². The summed E-state index contributed by atoms with van der Waals surface area (Å²) in [5, 5.41) is 12.3. The van der Waals surface area contributed by atoms with Gasteiger partial charge in [0.2, 0.25) is 0 Å². The molecule has 1 saturated heterocycles. The molecule has 112 valence electrons. The van der Waals surface area contributed by atoms with Gasteiger partial charge in [0, 0.05) is 25.7 Å². The third kappa shape index (κ3) is 2.59. The molecule has 8 heteroatoms. The SMILES string of the molecule is COC1(Cn2nnnc2-c2cccc(Cl)c2N)CCOC1. The van der Waals surface area contributed by atoms with E-state index >= 15 is 0 Å². The van der Waals surface area contributed by atoms with Gasteiger partial charge in [-0.3, -0.25) is 0 Å². The number of tetrazole rings is 1. The second kappa shape index (κ2) is 5.59. The Balaban J connectivity index is 1.96. The summed E-state index contributed by atoms with van der Waals surface area (Å²) in [5.41, 5.74) is 6.78. The predicted octanol–water partition coefficient (Wildman–Crippen LogP) is 1.38. The number of methoxy groups -OCH3 is 1. The number of aromatic nitrogens is 4. The second-order valence-electron chi connectivity index (χ2n) is 5.05. The Bertz CT molecular complexity index is 639. The first-order valence-electron chi connectivity index (χ1n) is 6.59. The highest BCUT2D eigenvalue weighted by Crippen LogP contribution is 2.31. The number of rotatable bonds is 4. The van der Waals surface area contributed by atoms with Crippen molar-refractivity contribution >= 4 is 17.3 Å². The minimum Gasteiger partial charge on any atom is -0.397 e. The smallest absolute Gasteiger partial charge is 0.184 e. The fourth-order valence-electron chi connectivity index (χ4n) is 2.45. The van der Waals surface area contributed by atoms with Gasteiger partial charge in [0.25, 0.3) is 0 Å². The molecule has 0 spiro atoms. The van der Waals surface area contributed by atoms with E-state index in [0.29, 0.717) is 41.9 Å². The van der Waals surface area contributed by atoms with Crippen LogP contribution in [0.4, 0.5) is 5.69 Å². The molecule has 2 N–H and O–H groups in total. The van der Waals surface area contributed by atoms with Crippen molar-refractivity contribution in [2.45, 2.75) is 18.6 Å². The summed E-state index contributed by atoms with van der Waals surface area (Å²) in [6.07, 6.45) is 0.799. The van der Waals surface area contributed by atoms with Crippen LogP contribution >= 0.6 is 11.6 Å². The molecule has 7 nitrogen and oxygen atoms in total. The van der Waals surface area contributed by atoms with Gasteiger partial charge in [-0.05, 0) is 22.6 Å². The number of anilines is 1. The highest BCUT2D eigenvalue weighted by molar-refractivity contribution is 6.33. The van der Waals surface area contributed by atoms with Gasteiger partial charge in [0.15, 0.2) is 5.82 Å². The van der Waals surface area contributed by atoms with Crippen LogP contribution in [-0.4, -0.2) is 46.1 Å². The van der Waals surface area contributed by atoms with Crippen molar-refractivity contribution in [3.8, 4) is 11.4 Å². The molecule has 1 aromatic heterocycles. The highest BCUT2D eigenvalue weighted by atomic mass is 35.5. The Hall–Kier alpha value is -1.70. The van der Waals surface area contributed by atoms with E-state index in [1.54, 1.807) is 17.9 Å². The topological polar surface area (TPSA) is 88.1 Å². The zero-order valence-corrected chi connectivity index (χ0v) is 12.4. The van der Waals surface area contributed by atoms with Gasteiger partial charge in [0.1, 0.15) is 5.60 Å². The largest absolute Gasteiger partial charge is 0.397 e. The number of nitrogens with zero attached hydrogens (tertiary/aromatic N) is 4. The maximum absolute atomic E-state index is 6.06. The van der Waals surface area contributed by atoms with Crippen molar-refractivity contribution in [3.63, 3.8) is 0 Å². The first kappa shape index (κ1) is 14.2. The molecule has 1 aliphatic rings. The molecule has 0 radical (unpaired) electrons. The zero-order valence-electron chi connectivity index (χ0n) is 11.6. The average Bonchev–Trinajstić information content (AvgIpc) is 3.13. The van der Waals surface area contributed by atoms with Gasteiger partial charge in [-0.1, -0.05) is 17.7 Å². The van der Waals surface area contributed by atoms with E-state index in [4.69, 9.17) is 26.8 Å². The highest BCUT2D eigenvalue weighted by Gasteiger charge is 2.36. The predicted molar refractivity (Wildman–Crippen MR) is 77.9 cm³/mol. The molecule has 3 rings (SSSR count). The molecule has 0 aliphatic carbocycles. The number of nitrogen functional groups attached to an aromatic ring is 1. The zero-order chi connectivity index (χ0) is 14.9. The van der Waals surface area contributed by atoms with Crippen LogP contribution in [0.25, 0.3) is 11.4 Å². The van der Waals surface area contributed by atoms with Gasteiger partial charge >= 0.3 is 0 Å². The molecule has 2 aromatic rings. The number of benzene rings is 1. The molecular formula is C13H16ClN5O2. The van der Waals surface area contributed by atoms with E-state index in [1.807, 2.05) is 12.1 Å². The van der Waals surface area contributed by atoms with Crippen molar-refractivity contribution in [1.29, 1.82) is 0 Å². The third-order valence-electron chi connectivity index (χ3n) is 3.76. The van der Waals surface area contributed by atoms with E-state index in [0.717, 1.165) is 6.42 Å². The third-order valence-corrected chi connectivity index (χ3v) is 4.09. The maximum Gasteiger partial charge on any atom is 0.184 e. The van der Waals surface area contributed by atoms with Gasteiger partial charge in [-0.15, -0.1) is 5.10 Å².